The minimum absolute atomic E-state index is 0.0287. The van der Waals surface area contributed by atoms with Crippen LogP contribution in [0.3, 0.4) is 0 Å². The van der Waals surface area contributed by atoms with E-state index in [0.717, 1.165) is 57.4 Å². The van der Waals surface area contributed by atoms with Crippen molar-refractivity contribution in [2.45, 2.75) is 43.5 Å². The van der Waals surface area contributed by atoms with Crippen LogP contribution in [0.2, 0.25) is 0 Å². The Kier molecular flexibility index (Phi) is 7.25. The first-order chi connectivity index (χ1) is 17.0. The fraction of sp³-hybridized carbons (Fsp3) is 0.429. The summed E-state index contributed by atoms with van der Waals surface area (Å²) >= 11 is 1.67. The van der Waals surface area contributed by atoms with Crippen LogP contribution in [0.4, 0.5) is 4.39 Å². The van der Waals surface area contributed by atoms with Gasteiger partial charge in [0, 0.05) is 55.1 Å². The van der Waals surface area contributed by atoms with Gasteiger partial charge in [-0.3, -0.25) is 9.59 Å². The number of hydrogen-bond acceptors (Lipinski definition) is 4. The number of halogens is 1. The maximum atomic E-state index is 14.4. The Balaban J connectivity index is 1.35. The Hall–Kier alpha value is -2.64. The molecule has 0 N–H and O–H groups in total. The SMILES string of the molecule is CN1CCN(C(=O)c2ccc(/C=C3\SC4CCCCC4N(Cc4ccccc4F)C3=O)cc2)CC1. The second-order valence-electron chi connectivity index (χ2n) is 9.76. The molecule has 2 aromatic rings. The fourth-order valence-electron chi connectivity index (χ4n) is 5.24. The van der Waals surface area contributed by atoms with E-state index in [1.54, 1.807) is 23.9 Å². The molecule has 2 heterocycles. The summed E-state index contributed by atoms with van der Waals surface area (Å²) in [7, 11) is 2.07. The standard InChI is InChI=1S/C28H32FN3O2S/c1-30-14-16-31(17-15-30)27(33)21-12-10-20(11-13-21)18-26-28(34)32(19-22-6-2-3-7-23(22)29)24-8-4-5-9-25(24)35-26/h2-3,6-7,10-13,18,24-25H,4-5,8-9,14-17,19H2,1H3/b26-18-. The van der Waals surface area contributed by atoms with Gasteiger partial charge in [-0.15, -0.1) is 11.8 Å². The number of likely N-dealkylation sites (N-methyl/N-ethyl adjacent to an activating group) is 1. The highest BCUT2D eigenvalue weighted by Gasteiger charge is 2.40. The van der Waals surface area contributed by atoms with Gasteiger partial charge < -0.3 is 14.7 Å². The molecule has 1 saturated carbocycles. The van der Waals surface area contributed by atoms with Crippen molar-refractivity contribution in [1.29, 1.82) is 0 Å². The quantitative estimate of drug-likeness (QED) is 0.582. The number of amides is 2. The van der Waals surface area contributed by atoms with Crippen LogP contribution in [-0.4, -0.2) is 71.0 Å². The molecule has 0 bridgehead atoms. The molecule has 2 saturated heterocycles. The van der Waals surface area contributed by atoms with Crippen molar-refractivity contribution >= 4 is 29.7 Å². The van der Waals surface area contributed by atoms with Crippen LogP contribution in [0.5, 0.6) is 0 Å². The van der Waals surface area contributed by atoms with Crippen molar-refractivity contribution in [2.24, 2.45) is 0 Å². The van der Waals surface area contributed by atoms with Gasteiger partial charge in [-0.25, -0.2) is 4.39 Å². The van der Waals surface area contributed by atoms with Gasteiger partial charge in [0.25, 0.3) is 11.8 Å². The van der Waals surface area contributed by atoms with E-state index in [2.05, 4.69) is 11.9 Å². The number of carbonyl (C=O) groups excluding carboxylic acids is 2. The first-order valence-electron chi connectivity index (χ1n) is 12.5. The number of nitrogens with zero attached hydrogens (tertiary/aromatic N) is 3. The Morgan fingerprint density at radius 2 is 1.74 bits per heavy atom. The van der Waals surface area contributed by atoms with Crippen LogP contribution in [0, 0.1) is 5.82 Å². The van der Waals surface area contributed by atoms with E-state index in [1.165, 1.54) is 6.07 Å². The highest BCUT2D eigenvalue weighted by molar-refractivity contribution is 8.04. The Morgan fingerprint density at radius 1 is 1.03 bits per heavy atom. The molecule has 2 unspecified atom stereocenters. The average Bonchev–Trinajstić information content (AvgIpc) is 2.88. The van der Waals surface area contributed by atoms with Crippen molar-refractivity contribution < 1.29 is 14.0 Å². The molecule has 2 aromatic carbocycles. The zero-order valence-electron chi connectivity index (χ0n) is 20.2. The van der Waals surface area contributed by atoms with Gasteiger partial charge >= 0.3 is 0 Å². The minimum Gasteiger partial charge on any atom is -0.336 e. The van der Waals surface area contributed by atoms with Gasteiger partial charge in [-0.1, -0.05) is 43.2 Å². The maximum absolute atomic E-state index is 14.4. The lowest BCUT2D eigenvalue weighted by Gasteiger charge is -2.44. The van der Waals surface area contributed by atoms with E-state index >= 15 is 0 Å². The molecule has 3 aliphatic rings. The van der Waals surface area contributed by atoms with Gasteiger partial charge in [-0.05, 0) is 49.7 Å². The third kappa shape index (κ3) is 5.31. The largest absolute Gasteiger partial charge is 0.336 e. The summed E-state index contributed by atoms with van der Waals surface area (Å²) in [6.45, 7) is 3.56. The highest BCUT2D eigenvalue weighted by Crippen LogP contribution is 2.42. The fourth-order valence-corrected chi connectivity index (χ4v) is 6.71. The summed E-state index contributed by atoms with van der Waals surface area (Å²) in [5.41, 5.74) is 2.13. The van der Waals surface area contributed by atoms with Crippen LogP contribution in [0.25, 0.3) is 6.08 Å². The molecule has 0 spiro atoms. The third-order valence-corrected chi connectivity index (χ3v) is 8.76. The number of carbonyl (C=O) groups is 2. The summed E-state index contributed by atoms with van der Waals surface area (Å²) < 4.78 is 14.4. The minimum atomic E-state index is -0.267. The normalized spacial score (nSPS) is 24.5. The molecule has 184 valence electrons. The lowest BCUT2D eigenvalue weighted by Crippen LogP contribution is -2.50. The van der Waals surface area contributed by atoms with Crippen molar-refractivity contribution in [2.75, 3.05) is 33.2 Å². The topological polar surface area (TPSA) is 43.9 Å². The molecule has 3 fully saturated rings. The van der Waals surface area contributed by atoms with Crippen LogP contribution in [0.15, 0.2) is 53.4 Å². The first-order valence-corrected chi connectivity index (χ1v) is 13.4. The van der Waals surface area contributed by atoms with Crippen LogP contribution in [-0.2, 0) is 11.3 Å². The molecule has 0 radical (unpaired) electrons. The van der Waals surface area contributed by atoms with E-state index in [0.29, 0.717) is 27.8 Å². The zero-order chi connectivity index (χ0) is 24.4. The van der Waals surface area contributed by atoms with E-state index in [1.807, 2.05) is 46.2 Å². The third-order valence-electron chi connectivity index (χ3n) is 7.36. The summed E-state index contributed by atoms with van der Waals surface area (Å²) in [6.07, 6.45) is 6.22. The Morgan fingerprint density at radius 3 is 2.49 bits per heavy atom. The summed E-state index contributed by atoms with van der Waals surface area (Å²) in [5, 5.41) is 0.331. The van der Waals surface area contributed by atoms with Crippen LogP contribution >= 0.6 is 11.8 Å². The van der Waals surface area contributed by atoms with Crippen molar-refractivity contribution in [1.82, 2.24) is 14.7 Å². The zero-order valence-corrected chi connectivity index (χ0v) is 21.0. The van der Waals surface area contributed by atoms with Crippen LogP contribution < -0.4 is 0 Å². The summed E-state index contributed by atoms with van der Waals surface area (Å²) in [6, 6.07) is 14.4. The lowest BCUT2D eigenvalue weighted by molar-refractivity contribution is -0.130. The molecular weight excluding hydrogens is 461 g/mol. The number of thioether (sulfide) groups is 1. The lowest BCUT2D eigenvalue weighted by atomic mass is 9.92. The van der Waals surface area contributed by atoms with Gasteiger partial charge in [0.1, 0.15) is 5.82 Å². The molecule has 2 aliphatic heterocycles. The van der Waals surface area contributed by atoms with Crippen LogP contribution in [0.1, 0.15) is 47.2 Å². The van der Waals surface area contributed by atoms with Crippen molar-refractivity contribution in [3.8, 4) is 0 Å². The monoisotopic (exact) mass is 493 g/mol. The number of rotatable bonds is 4. The highest BCUT2D eigenvalue weighted by atomic mass is 32.2. The number of benzene rings is 2. The maximum Gasteiger partial charge on any atom is 0.260 e. The molecule has 0 aromatic heterocycles. The second kappa shape index (κ2) is 10.5. The summed E-state index contributed by atoms with van der Waals surface area (Å²) in [5.74, 6) is -0.238. The van der Waals surface area contributed by atoms with E-state index < -0.39 is 0 Å². The smallest absolute Gasteiger partial charge is 0.260 e. The number of hydrogen-bond donors (Lipinski definition) is 0. The molecule has 2 amide bonds. The van der Waals surface area contributed by atoms with Gasteiger partial charge in [-0.2, -0.15) is 0 Å². The van der Waals surface area contributed by atoms with E-state index in [-0.39, 0.29) is 23.7 Å². The Labute approximate surface area is 211 Å². The number of fused-ring (bicyclic) bond motifs is 1. The molecule has 7 heteroatoms. The average molecular weight is 494 g/mol. The predicted octanol–water partition coefficient (Wildman–Crippen LogP) is 4.64. The molecular formula is C28H32FN3O2S. The number of piperazine rings is 1. The van der Waals surface area contributed by atoms with Gasteiger partial charge in [0.2, 0.25) is 0 Å². The van der Waals surface area contributed by atoms with E-state index in [9.17, 15) is 14.0 Å². The van der Waals surface area contributed by atoms with Gasteiger partial charge in [0.05, 0.1) is 4.91 Å². The molecule has 35 heavy (non-hydrogen) atoms. The Bertz CT molecular complexity index is 1110. The van der Waals surface area contributed by atoms with E-state index in [4.69, 9.17) is 0 Å². The predicted molar refractivity (Wildman–Crippen MR) is 138 cm³/mol. The molecule has 5 rings (SSSR count). The second-order valence-corrected chi connectivity index (χ2v) is 11.0. The molecule has 2 atom stereocenters. The first kappa shape index (κ1) is 24.1. The molecule has 1 aliphatic carbocycles. The van der Waals surface area contributed by atoms with Crippen molar-refractivity contribution in [3.63, 3.8) is 0 Å². The van der Waals surface area contributed by atoms with Crippen molar-refractivity contribution in [3.05, 3.63) is 75.9 Å². The van der Waals surface area contributed by atoms with Gasteiger partial charge in [0.15, 0.2) is 0 Å². The molecule has 5 nitrogen and oxygen atoms in total. The summed E-state index contributed by atoms with van der Waals surface area (Å²) in [4.78, 5) is 33.1.